The van der Waals surface area contributed by atoms with Gasteiger partial charge in [0, 0.05) is 5.69 Å². The Labute approximate surface area is 146 Å². The van der Waals surface area contributed by atoms with Crippen LogP contribution in [0.15, 0.2) is 47.4 Å². The van der Waals surface area contributed by atoms with Crippen molar-refractivity contribution in [3.8, 4) is 0 Å². The van der Waals surface area contributed by atoms with E-state index in [1.165, 1.54) is 24.3 Å². The maximum absolute atomic E-state index is 12.6. The highest BCUT2D eigenvalue weighted by molar-refractivity contribution is 7.92. The van der Waals surface area contributed by atoms with Crippen LogP contribution in [0.25, 0.3) is 0 Å². The summed E-state index contributed by atoms with van der Waals surface area (Å²) in [5.41, 5.74) is 7.50. The van der Waals surface area contributed by atoms with Crippen LogP contribution in [0.3, 0.4) is 0 Å². The maximum atomic E-state index is 12.6. The molecular formula is C17H19N3O4S. The third-order valence-corrected chi connectivity index (χ3v) is 4.98. The molecule has 0 atom stereocenters. The second kappa shape index (κ2) is 7.35. The summed E-state index contributed by atoms with van der Waals surface area (Å²) in [5.74, 6) is -1.37. The van der Waals surface area contributed by atoms with Crippen LogP contribution in [0.1, 0.15) is 17.5 Å². The molecule has 2 aromatic rings. The normalized spacial score (nSPS) is 11.0. The molecule has 0 radical (unpaired) electrons. The first-order valence-electron chi connectivity index (χ1n) is 7.46. The lowest BCUT2D eigenvalue weighted by Crippen LogP contribution is -2.21. The van der Waals surface area contributed by atoms with Gasteiger partial charge in [0.15, 0.2) is 0 Å². The highest BCUT2D eigenvalue weighted by atomic mass is 32.2. The van der Waals surface area contributed by atoms with Gasteiger partial charge in [-0.1, -0.05) is 18.2 Å². The fraction of sp³-hybridized carbons (Fsp3) is 0.176. The lowest BCUT2D eigenvalue weighted by molar-refractivity contribution is -0.124. The van der Waals surface area contributed by atoms with Gasteiger partial charge in [0.2, 0.25) is 11.8 Å². The van der Waals surface area contributed by atoms with Crippen LogP contribution >= 0.6 is 0 Å². The number of hydrogen-bond donors (Lipinski definition) is 3. The summed E-state index contributed by atoms with van der Waals surface area (Å²) in [6.07, 6.45) is -0.474. The quantitative estimate of drug-likeness (QED) is 0.681. The van der Waals surface area contributed by atoms with Crippen LogP contribution < -0.4 is 15.8 Å². The van der Waals surface area contributed by atoms with Gasteiger partial charge in [-0.25, -0.2) is 8.42 Å². The van der Waals surface area contributed by atoms with Crippen LogP contribution in [-0.2, 0) is 19.6 Å². The summed E-state index contributed by atoms with van der Waals surface area (Å²) in [6, 6.07) is 11.1. The Balaban J connectivity index is 2.25. The molecule has 0 saturated heterocycles. The molecule has 7 nitrogen and oxygen atoms in total. The fourth-order valence-corrected chi connectivity index (χ4v) is 3.34. The van der Waals surface area contributed by atoms with Crippen molar-refractivity contribution in [3.05, 3.63) is 53.6 Å². The number of nitrogens with one attached hydrogen (secondary N) is 2. The van der Waals surface area contributed by atoms with Gasteiger partial charge in [0.25, 0.3) is 10.0 Å². The number of anilines is 2. The number of benzene rings is 2. The largest absolute Gasteiger partial charge is 0.369 e. The molecular weight excluding hydrogens is 342 g/mol. The van der Waals surface area contributed by atoms with E-state index in [0.29, 0.717) is 5.69 Å². The maximum Gasteiger partial charge on any atom is 0.261 e. The highest BCUT2D eigenvalue weighted by Gasteiger charge is 2.17. The van der Waals surface area contributed by atoms with Gasteiger partial charge in [-0.05, 0) is 49.2 Å². The summed E-state index contributed by atoms with van der Waals surface area (Å²) in [6.45, 7) is 3.72. The molecule has 0 aliphatic carbocycles. The Morgan fingerprint density at radius 2 is 1.76 bits per heavy atom. The summed E-state index contributed by atoms with van der Waals surface area (Å²) in [7, 11) is -3.83. The van der Waals surface area contributed by atoms with Crippen molar-refractivity contribution in [2.45, 2.75) is 25.2 Å². The van der Waals surface area contributed by atoms with Crippen molar-refractivity contribution >= 4 is 33.2 Å². The van der Waals surface area contributed by atoms with Crippen LogP contribution in [0.5, 0.6) is 0 Å². The molecule has 0 bridgehead atoms. The molecule has 0 spiro atoms. The van der Waals surface area contributed by atoms with Gasteiger partial charge in [-0.2, -0.15) is 0 Å². The molecule has 2 aromatic carbocycles. The number of hydrogen-bond acceptors (Lipinski definition) is 4. The number of nitrogens with two attached hydrogens (primary N) is 1. The number of carbonyl (C=O) groups excluding carboxylic acids is 2. The van der Waals surface area contributed by atoms with E-state index < -0.39 is 28.3 Å². The molecule has 0 aromatic heterocycles. The lowest BCUT2D eigenvalue weighted by atomic mass is 10.1. The fourth-order valence-electron chi connectivity index (χ4n) is 2.17. The zero-order valence-corrected chi connectivity index (χ0v) is 14.7. The van der Waals surface area contributed by atoms with Crippen molar-refractivity contribution < 1.29 is 18.0 Å². The van der Waals surface area contributed by atoms with Gasteiger partial charge in [0.1, 0.15) is 6.42 Å². The molecule has 25 heavy (non-hydrogen) atoms. The molecule has 0 aliphatic heterocycles. The van der Waals surface area contributed by atoms with Gasteiger partial charge < -0.3 is 11.1 Å². The van der Waals surface area contributed by atoms with Crippen molar-refractivity contribution in [1.29, 1.82) is 0 Å². The van der Waals surface area contributed by atoms with Crippen LogP contribution in [0.2, 0.25) is 0 Å². The SMILES string of the molecule is Cc1cccc(NS(=O)(=O)c2cccc(NC(=O)CC(N)=O)c2)c1C. The minimum atomic E-state index is -3.83. The Hall–Kier alpha value is -2.87. The average molecular weight is 361 g/mol. The van der Waals surface area contributed by atoms with Crippen LogP contribution in [0.4, 0.5) is 11.4 Å². The summed E-state index contributed by atoms with van der Waals surface area (Å²) in [4.78, 5) is 22.3. The summed E-state index contributed by atoms with van der Waals surface area (Å²) in [5, 5.41) is 2.44. The number of amides is 2. The van der Waals surface area contributed by atoms with E-state index in [1.54, 1.807) is 12.1 Å². The van der Waals surface area contributed by atoms with Gasteiger partial charge in [-0.3, -0.25) is 14.3 Å². The number of carbonyl (C=O) groups is 2. The molecule has 132 valence electrons. The monoisotopic (exact) mass is 361 g/mol. The predicted octanol–water partition coefficient (Wildman–Crippen LogP) is 1.92. The van der Waals surface area contributed by atoms with Crippen molar-refractivity contribution in [1.82, 2.24) is 0 Å². The zero-order chi connectivity index (χ0) is 18.6. The van der Waals surface area contributed by atoms with E-state index in [2.05, 4.69) is 10.0 Å². The molecule has 0 fully saturated rings. The first-order chi connectivity index (χ1) is 11.7. The minimum Gasteiger partial charge on any atom is -0.369 e. The Morgan fingerprint density at radius 1 is 1.08 bits per heavy atom. The third kappa shape index (κ3) is 4.80. The van der Waals surface area contributed by atoms with Gasteiger partial charge in [-0.15, -0.1) is 0 Å². The molecule has 0 aliphatic rings. The predicted molar refractivity (Wildman–Crippen MR) is 95.6 cm³/mol. The second-order valence-electron chi connectivity index (χ2n) is 5.57. The molecule has 4 N–H and O–H groups in total. The second-order valence-corrected chi connectivity index (χ2v) is 7.25. The van der Waals surface area contributed by atoms with E-state index in [9.17, 15) is 18.0 Å². The Bertz CT molecular complexity index is 923. The molecule has 2 amide bonds. The first kappa shape index (κ1) is 18.5. The lowest BCUT2D eigenvalue weighted by Gasteiger charge is -2.13. The molecule has 0 saturated carbocycles. The number of sulfonamides is 1. The van der Waals surface area contributed by atoms with Crippen molar-refractivity contribution in [3.63, 3.8) is 0 Å². The van der Waals surface area contributed by atoms with Crippen molar-refractivity contribution in [2.75, 3.05) is 10.0 Å². The Kier molecular flexibility index (Phi) is 5.43. The summed E-state index contributed by atoms with van der Waals surface area (Å²) >= 11 is 0. The minimum absolute atomic E-state index is 0.00900. The molecule has 2 rings (SSSR count). The van der Waals surface area contributed by atoms with E-state index in [4.69, 9.17) is 5.73 Å². The smallest absolute Gasteiger partial charge is 0.261 e. The number of primary amides is 1. The zero-order valence-electron chi connectivity index (χ0n) is 13.9. The summed E-state index contributed by atoms with van der Waals surface area (Å²) < 4.78 is 27.7. The van der Waals surface area contributed by atoms with E-state index in [1.807, 2.05) is 19.9 Å². The van der Waals surface area contributed by atoms with E-state index in [-0.39, 0.29) is 10.6 Å². The van der Waals surface area contributed by atoms with E-state index in [0.717, 1.165) is 11.1 Å². The molecule has 8 heteroatoms. The van der Waals surface area contributed by atoms with Crippen LogP contribution in [0, 0.1) is 13.8 Å². The molecule has 0 heterocycles. The number of rotatable bonds is 6. The number of aryl methyl sites for hydroxylation is 1. The first-order valence-corrected chi connectivity index (χ1v) is 8.94. The average Bonchev–Trinajstić information content (AvgIpc) is 2.51. The van der Waals surface area contributed by atoms with Crippen molar-refractivity contribution in [2.24, 2.45) is 5.73 Å². The standard InChI is InChI=1S/C17H19N3O4S/c1-11-5-3-8-15(12(11)2)20-25(23,24)14-7-4-6-13(9-14)19-17(22)10-16(18)21/h3-9,20H,10H2,1-2H3,(H2,18,21)(H,19,22). The molecule has 0 unspecified atom stereocenters. The topological polar surface area (TPSA) is 118 Å². The Morgan fingerprint density at radius 3 is 2.44 bits per heavy atom. The van der Waals surface area contributed by atoms with Gasteiger partial charge in [0.05, 0.1) is 10.6 Å². The van der Waals surface area contributed by atoms with E-state index >= 15 is 0 Å². The third-order valence-electron chi connectivity index (χ3n) is 3.61. The van der Waals surface area contributed by atoms with Gasteiger partial charge >= 0.3 is 0 Å². The highest BCUT2D eigenvalue weighted by Crippen LogP contribution is 2.23. The van der Waals surface area contributed by atoms with Crippen LogP contribution in [-0.4, -0.2) is 20.2 Å².